The second kappa shape index (κ2) is 12.3. The summed E-state index contributed by atoms with van der Waals surface area (Å²) < 4.78 is 12.1. The second-order valence-electron chi connectivity index (χ2n) is 12.6. The number of carboxylic acid groups (broad SMARTS) is 1. The molecule has 7 rings (SSSR count). The van der Waals surface area contributed by atoms with Gasteiger partial charge in [0.1, 0.15) is 11.9 Å². The van der Waals surface area contributed by atoms with Gasteiger partial charge >= 0.3 is 29.6 Å². The SMILES string of the molecule is COc1cc(-c2ccc(C3CCc4ccc([C@H](C5CC5)[C@H](C)C(=O)[O-])cc4O3)cc2CN2C3CCC2CC3)ccn1.[Na+]. The normalized spacial score (nSPS) is 24.3. The van der Waals surface area contributed by atoms with Crippen molar-refractivity contribution in [2.24, 2.45) is 11.8 Å². The molecule has 214 valence electrons. The third kappa shape index (κ3) is 5.76. The number of rotatable bonds is 9. The average molecular weight is 575 g/mol. The first kappa shape index (κ1) is 29.7. The van der Waals surface area contributed by atoms with E-state index >= 15 is 0 Å². The van der Waals surface area contributed by atoms with E-state index in [9.17, 15) is 9.90 Å². The molecule has 0 amide bonds. The summed E-state index contributed by atoms with van der Waals surface area (Å²) in [6, 6.07) is 18.7. The van der Waals surface area contributed by atoms with Crippen molar-refractivity contribution in [1.29, 1.82) is 0 Å². The van der Waals surface area contributed by atoms with Gasteiger partial charge in [0.2, 0.25) is 5.88 Å². The van der Waals surface area contributed by atoms with Crippen LogP contribution in [-0.4, -0.2) is 35.0 Å². The molecule has 0 radical (unpaired) electrons. The maximum absolute atomic E-state index is 11.8. The molecule has 7 heteroatoms. The molecule has 2 saturated heterocycles. The van der Waals surface area contributed by atoms with E-state index in [0.717, 1.165) is 49.1 Å². The maximum atomic E-state index is 11.8. The number of carboxylic acids is 1. The van der Waals surface area contributed by atoms with Crippen LogP contribution in [0.25, 0.3) is 11.1 Å². The molecule has 3 aromatic rings. The summed E-state index contributed by atoms with van der Waals surface area (Å²) in [5.41, 5.74) is 7.15. The molecule has 4 heterocycles. The first-order valence-electron chi connectivity index (χ1n) is 15.4. The number of carbonyl (C=O) groups is 1. The Bertz CT molecular complexity index is 1440. The van der Waals surface area contributed by atoms with Crippen LogP contribution in [0.2, 0.25) is 0 Å². The molecule has 1 unspecified atom stereocenters. The van der Waals surface area contributed by atoms with Crippen molar-refractivity contribution in [3.63, 3.8) is 0 Å². The Hall–Kier alpha value is -2.38. The monoisotopic (exact) mass is 574 g/mol. The molecule has 1 saturated carbocycles. The second-order valence-corrected chi connectivity index (χ2v) is 12.6. The van der Waals surface area contributed by atoms with Crippen LogP contribution in [0.5, 0.6) is 11.6 Å². The molecule has 0 spiro atoms. The number of aryl methyl sites for hydroxylation is 1. The summed E-state index contributed by atoms with van der Waals surface area (Å²) in [7, 11) is 1.66. The van der Waals surface area contributed by atoms with E-state index in [-0.39, 0.29) is 41.6 Å². The van der Waals surface area contributed by atoms with Crippen molar-refractivity contribution in [2.75, 3.05) is 7.11 Å². The summed E-state index contributed by atoms with van der Waals surface area (Å²) in [5.74, 6) is 0.444. The van der Waals surface area contributed by atoms with E-state index in [4.69, 9.17) is 9.47 Å². The van der Waals surface area contributed by atoms with Gasteiger partial charge in [0.05, 0.1) is 7.11 Å². The Balaban J connectivity index is 0.00000316. The largest absolute Gasteiger partial charge is 1.00 e. The third-order valence-corrected chi connectivity index (χ3v) is 10.2. The molecule has 3 aliphatic heterocycles. The predicted octanol–water partition coefficient (Wildman–Crippen LogP) is 2.83. The molecular formula is C35H39N2NaO4. The number of pyridine rings is 1. The van der Waals surface area contributed by atoms with E-state index < -0.39 is 11.9 Å². The zero-order valence-corrected chi connectivity index (χ0v) is 27.1. The molecule has 0 N–H and O–H groups in total. The molecule has 1 aromatic heterocycles. The number of ether oxygens (including phenoxy) is 2. The summed E-state index contributed by atoms with van der Waals surface area (Å²) in [5, 5.41) is 11.8. The van der Waals surface area contributed by atoms with Gasteiger partial charge in [-0.3, -0.25) is 4.90 Å². The van der Waals surface area contributed by atoms with Gasteiger partial charge in [-0.05, 0) is 109 Å². The third-order valence-electron chi connectivity index (χ3n) is 10.2. The molecular weight excluding hydrogens is 535 g/mol. The molecule has 3 fully saturated rings. The Labute approximate surface area is 271 Å². The van der Waals surface area contributed by atoms with Crippen LogP contribution < -0.4 is 44.1 Å². The van der Waals surface area contributed by atoms with Crippen LogP contribution in [-0.2, 0) is 17.8 Å². The molecule has 2 aromatic carbocycles. The quantitative estimate of drug-likeness (QED) is 0.366. The van der Waals surface area contributed by atoms with Crippen LogP contribution in [0.1, 0.15) is 86.1 Å². The van der Waals surface area contributed by atoms with Gasteiger partial charge in [-0.25, -0.2) is 4.98 Å². The van der Waals surface area contributed by atoms with Crippen molar-refractivity contribution >= 4 is 5.97 Å². The van der Waals surface area contributed by atoms with Crippen molar-refractivity contribution < 1.29 is 48.9 Å². The maximum Gasteiger partial charge on any atom is 1.00 e. The average Bonchev–Trinajstić information content (AvgIpc) is 3.68. The van der Waals surface area contributed by atoms with Gasteiger partial charge in [-0.1, -0.05) is 37.3 Å². The Morgan fingerprint density at radius 2 is 1.79 bits per heavy atom. The summed E-state index contributed by atoms with van der Waals surface area (Å²) >= 11 is 0. The molecule has 2 bridgehead atoms. The van der Waals surface area contributed by atoms with Crippen LogP contribution in [0, 0.1) is 11.8 Å². The zero-order chi connectivity index (χ0) is 28.1. The van der Waals surface area contributed by atoms with Crippen LogP contribution >= 0.6 is 0 Å². The number of nitrogens with zero attached hydrogens (tertiary/aromatic N) is 2. The van der Waals surface area contributed by atoms with Gasteiger partial charge < -0.3 is 19.4 Å². The molecule has 4 aliphatic rings. The number of carbonyl (C=O) groups excluding carboxylic acids is 1. The fourth-order valence-corrected chi connectivity index (χ4v) is 7.79. The standard InChI is InChI=1S/C35H40N2O4.Na/c1-21(35(38)39)34(23-4-5-23)26-6-3-22-8-14-31(41-32(22)18-26)25-7-13-30(24-15-16-36-33(19-24)40-2)27(17-25)20-37-28-9-10-29(37)12-11-28;/h3,6-7,13,15-19,21,23,28-29,31,34H,4-5,8-12,14,20H2,1-2H3,(H,38,39);/q;+1/p-1/t21-,28?,29?,31?,34-;/m0./s1. The first-order valence-corrected chi connectivity index (χ1v) is 15.4. The molecule has 1 aliphatic carbocycles. The van der Waals surface area contributed by atoms with Crippen LogP contribution in [0.15, 0.2) is 54.7 Å². The van der Waals surface area contributed by atoms with Gasteiger partial charge in [0, 0.05) is 42.8 Å². The number of fused-ring (bicyclic) bond motifs is 3. The number of hydrogen-bond acceptors (Lipinski definition) is 6. The van der Waals surface area contributed by atoms with Gasteiger partial charge in [0.25, 0.3) is 0 Å². The van der Waals surface area contributed by atoms with Crippen molar-refractivity contribution in [1.82, 2.24) is 9.88 Å². The summed E-state index contributed by atoms with van der Waals surface area (Å²) in [6.07, 6.45) is 11.1. The summed E-state index contributed by atoms with van der Waals surface area (Å²) in [6.45, 7) is 2.73. The molecule has 6 nitrogen and oxygen atoms in total. The minimum Gasteiger partial charge on any atom is -0.550 e. The Morgan fingerprint density at radius 1 is 1.02 bits per heavy atom. The Morgan fingerprint density at radius 3 is 2.48 bits per heavy atom. The van der Waals surface area contributed by atoms with Crippen molar-refractivity contribution in [3.8, 4) is 22.8 Å². The smallest absolute Gasteiger partial charge is 0.550 e. The fourth-order valence-electron chi connectivity index (χ4n) is 7.79. The Kier molecular flexibility index (Phi) is 8.70. The van der Waals surface area contributed by atoms with Crippen LogP contribution in [0.4, 0.5) is 0 Å². The van der Waals surface area contributed by atoms with Gasteiger partial charge in [-0.2, -0.15) is 0 Å². The van der Waals surface area contributed by atoms with Gasteiger partial charge in [0.15, 0.2) is 0 Å². The number of methoxy groups -OCH3 is 1. The minimum atomic E-state index is -0.968. The number of hydrogen-bond donors (Lipinski definition) is 0. The van der Waals surface area contributed by atoms with E-state index in [1.807, 2.05) is 12.3 Å². The molecule has 3 atom stereocenters. The first-order chi connectivity index (χ1) is 20.0. The molecule has 42 heavy (non-hydrogen) atoms. The summed E-state index contributed by atoms with van der Waals surface area (Å²) in [4.78, 5) is 18.8. The van der Waals surface area contributed by atoms with Gasteiger partial charge in [-0.15, -0.1) is 0 Å². The number of benzene rings is 2. The van der Waals surface area contributed by atoms with Crippen molar-refractivity contribution in [2.45, 2.75) is 88.9 Å². The van der Waals surface area contributed by atoms with Crippen molar-refractivity contribution in [3.05, 3.63) is 77.0 Å². The predicted molar refractivity (Wildman–Crippen MR) is 156 cm³/mol. The zero-order valence-electron chi connectivity index (χ0n) is 25.1. The van der Waals surface area contributed by atoms with E-state index in [2.05, 4.69) is 52.3 Å². The van der Waals surface area contributed by atoms with E-state index in [1.54, 1.807) is 14.0 Å². The van der Waals surface area contributed by atoms with E-state index in [0.29, 0.717) is 23.9 Å². The van der Waals surface area contributed by atoms with E-state index in [1.165, 1.54) is 47.9 Å². The number of aliphatic carboxylic acids is 1. The number of aromatic nitrogens is 1. The topological polar surface area (TPSA) is 74.7 Å². The fraction of sp³-hybridized carbons (Fsp3) is 0.486. The minimum absolute atomic E-state index is 0. The van der Waals surface area contributed by atoms with Crippen LogP contribution in [0.3, 0.4) is 0 Å².